The van der Waals surface area contributed by atoms with Gasteiger partial charge in [0.15, 0.2) is 6.04 Å². The van der Waals surface area contributed by atoms with Crippen LogP contribution in [0.15, 0.2) is 91.4 Å². The lowest BCUT2D eigenvalue weighted by Gasteiger charge is -2.37. The Labute approximate surface area is 510 Å². The number of H-pyrrole nitrogens is 3. The fourth-order valence-electron chi connectivity index (χ4n) is 10.6. The second-order valence-electron chi connectivity index (χ2n) is 21.5. The van der Waals surface area contributed by atoms with E-state index < -0.39 is 183 Å². The number of fused-ring (bicyclic) bond motifs is 3. The number of aromatic nitrogens is 3. The Bertz CT molecular complexity index is 3800. The molecule has 5 heterocycles. The molecule has 8 rings (SSSR count). The quantitative estimate of drug-likeness (QED) is 0.0250. The van der Waals surface area contributed by atoms with Crippen molar-refractivity contribution in [1.29, 1.82) is 0 Å². The van der Waals surface area contributed by atoms with Crippen LogP contribution in [0.5, 0.6) is 0 Å². The number of nitrogens with zero attached hydrogens (tertiary/aromatic N) is 2. The number of nitrogens with one attached hydrogen (secondary N) is 10. The summed E-state index contributed by atoms with van der Waals surface area (Å²) in [6.07, 6.45) is -1.16. The van der Waals surface area contributed by atoms with Gasteiger partial charge in [0.05, 0.1) is 12.8 Å². The summed E-state index contributed by atoms with van der Waals surface area (Å²) in [7, 11) is 1.28. The second-order valence-corrected chi connectivity index (χ2v) is 21.5. The number of rotatable bonds is 29. The van der Waals surface area contributed by atoms with Crippen LogP contribution in [0.3, 0.4) is 0 Å². The van der Waals surface area contributed by atoms with Crippen LogP contribution in [0, 0.1) is 0 Å². The van der Waals surface area contributed by atoms with E-state index in [0.717, 1.165) is 10.9 Å². The van der Waals surface area contributed by atoms with E-state index in [-0.39, 0.29) is 24.3 Å². The SMILES string of the molecule is CNC(=O)C(Cc1c[nH]c2ccccc12)N1OC(=O)CC(NC(=O)C(CCC(N)=O)N2OC(=O)CC(NC(=O)C(CCC(N)=O)NC(=O)C(CCC(=O)O)NC(=O)C(Cc3c[nH]c4ccccc34)NC(=O)C(Cc3c[nH]c4ccccc34)NC(C)=O)C2=O)C1=O. The van der Waals surface area contributed by atoms with Crippen molar-refractivity contribution in [2.24, 2.45) is 11.5 Å². The van der Waals surface area contributed by atoms with E-state index in [2.05, 4.69) is 52.2 Å². The summed E-state index contributed by atoms with van der Waals surface area (Å²) >= 11 is 0. The fourth-order valence-corrected chi connectivity index (χ4v) is 10.6. The van der Waals surface area contributed by atoms with Gasteiger partial charge in [-0.3, -0.25) is 57.5 Å². The Hall–Kier alpha value is -11.1. The number of aromatic amines is 3. The first-order chi connectivity index (χ1) is 43.0. The van der Waals surface area contributed by atoms with Crippen LogP contribution in [0.25, 0.3) is 32.7 Å². The molecule has 31 nitrogen and oxygen atoms in total. The van der Waals surface area contributed by atoms with Crippen molar-refractivity contribution in [2.45, 2.75) is 126 Å². The van der Waals surface area contributed by atoms with E-state index in [1.165, 1.54) is 14.0 Å². The molecule has 474 valence electrons. The number of para-hydroxylation sites is 3. The summed E-state index contributed by atoms with van der Waals surface area (Å²) < 4.78 is 0. The number of carboxylic acids is 1. The number of amides is 11. The zero-order valence-corrected chi connectivity index (χ0v) is 48.6. The molecule has 8 unspecified atom stereocenters. The number of hydrogen-bond donors (Lipinski definition) is 13. The number of nitrogens with two attached hydrogens (primary N) is 2. The maximum atomic E-state index is 14.6. The maximum Gasteiger partial charge on any atom is 0.335 e. The predicted molar refractivity (Wildman–Crippen MR) is 314 cm³/mol. The molecule has 2 aliphatic rings. The van der Waals surface area contributed by atoms with Crippen molar-refractivity contribution >= 4 is 116 Å². The van der Waals surface area contributed by atoms with Crippen LogP contribution in [-0.4, -0.2) is 168 Å². The van der Waals surface area contributed by atoms with Crippen molar-refractivity contribution in [1.82, 2.24) is 62.3 Å². The highest BCUT2D eigenvalue weighted by atomic mass is 16.7. The number of aliphatic carboxylic acids is 1. The van der Waals surface area contributed by atoms with Crippen LogP contribution < -0.4 is 48.7 Å². The molecule has 6 aromatic rings. The lowest BCUT2D eigenvalue weighted by atomic mass is 10.0. The Balaban J connectivity index is 0.998. The largest absolute Gasteiger partial charge is 0.481 e. The van der Waals surface area contributed by atoms with Crippen LogP contribution in [0.4, 0.5) is 0 Å². The zero-order chi connectivity index (χ0) is 64.9. The van der Waals surface area contributed by atoms with Gasteiger partial charge in [0, 0.05) is 104 Å². The van der Waals surface area contributed by atoms with Crippen LogP contribution >= 0.6 is 0 Å². The highest BCUT2D eigenvalue weighted by Crippen LogP contribution is 2.26. The maximum absolute atomic E-state index is 14.6. The fraction of sp³-hybridized carbons (Fsp3) is 0.356. The van der Waals surface area contributed by atoms with Gasteiger partial charge in [-0.25, -0.2) is 9.59 Å². The number of likely N-dealkylation sites (N-methyl/N-ethyl adjacent to an activating group) is 1. The van der Waals surface area contributed by atoms with E-state index in [1.54, 1.807) is 73.2 Å². The monoisotopic (exact) mass is 1240 g/mol. The average molecular weight is 1240 g/mol. The predicted octanol–water partition coefficient (Wildman–Crippen LogP) is -1.65. The molecular weight excluding hydrogens is 1180 g/mol. The molecule has 15 N–H and O–H groups in total. The molecule has 3 aromatic heterocycles. The van der Waals surface area contributed by atoms with E-state index in [1.807, 2.05) is 18.2 Å². The van der Waals surface area contributed by atoms with Gasteiger partial charge < -0.3 is 78.4 Å². The van der Waals surface area contributed by atoms with Gasteiger partial charge >= 0.3 is 17.9 Å². The third-order valence-corrected chi connectivity index (χ3v) is 15.1. The van der Waals surface area contributed by atoms with Crippen molar-refractivity contribution < 1.29 is 81.9 Å². The van der Waals surface area contributed by atoms with Gasteiger partial charge in [-0.15, -0.1) is 0 Å². The summed E-state index contributed by atoms with van der Waals surface area (Å²) in [6.45, 7) is 1.20. The highest BCUT2D eigenvalue weighted by Gasteiger charge is 2.47. The number of carbonyl (C=O) groups is 14. The van der Waals surface area contributed by atoms with Crippen molar-refractivity contribution in [3.8, 4) is 0 Å². The number of benzene rings is 3. The van der Waals surface area contributed by atoms with Crippen molar-refractivity contribution in [3.63, 3.8) is 0 Å². The lowest BCUT2D eigenvalue weighted by molar-refractivity contribution is -0.221. The van der Waals surface area contributed by atoms with Gasteiger partial charge in [-0.2, -0.15) is 10.1 Å². The third-order valence-electron chi connectivity index (χ3n) is 15.1. The number of carbonyl (C=O) groups excluding carboxylic acids is 13. The molecule has 0 spiro atoms. The topological polar surface area (TPSA) is 468 Å². The lowest BCUT2D eigenvalue weighted by Crippen LogP contribution is -2.64. The van der Waals surface area contributed by atoms with Crippen LogP contribution in [0.2, 0.25) is 0 Å². The van der Waals surface area contributed by atoms with Gasteiger partial charge in [0.2, 0.25) is 53.2 Å². The van der Waals surface area contributed by atoms with Gasteiger partial charge in [-0.1, -0.05) is 54.6 Å². The Morgan fingerprint density at radius 3 is 1.36 bits per heavy atom. The van der Waals surface area contributed by atoms with E-state index in [9.17, 15) is 72.2 Å². The molecule has 11 amide bonds. The van der Waals surface area contributed by atoms with Crippen molar-refractivity contribution in [2.75, 3.05) is 7.05 Å². The minimum Gasteiger partial charge on any atom is -0.481 e. The summed E-state index contributed by atoms with van der Waals surface area (Å²) in [6, 6.07) is 7.69. The van der Waals surface area contributed by atoms with Crippen LogP contribution in [-0.2, 0) is 96.1 Å². The highest BCUT2D eigenvalue weighted by molar-refractivity contribution is 6.02. The molecule has 90 heavy (non-hydrogen) atoms. The second kappa shape index (κ2) is 29.0. The van der Waals surface area contributed by atoms with Gasteiger partial charge in [0.1, 0.15) is 42.3 Å². The number of hydrogen-bond acceptors (Lipinski definition) is 16. The normalized spacial score (nSPS) is 17.0. The number of primary amides is 2. The number of carboxylic acid groups (broad SMARTS) is 1. The molecule has 2 aliphatic heterocycles. The first-order valence-corrected chi connectivity index (χ1v) is 28.5. The summed E-state index contributed by atoms with van der Waals surface area (Å²) in [5.41, 5.74) is 14.7. The van der Waals surface area contributed by atoms with Gasteiger partial charge in [0.25, 0.3) is 11.8 Å². The summed E-state index contributed by atoms with van der Waals surface area (Å²) in [5, 5.41) is 29.8. The molecule has 0 radical (unpaired) electrons. The Morgan fingerprint density at radius 1 is 0.511 bits per heavy atom. The summed E-state index contributed by atoms with van der Waals surface area (Å²) in [5.74, 6) is -15.0. The van der Waals surface area contributed by atoms with E-state index >= 15 is 0 Å². The molecule has 0 saturated carbocycles. The first kappa shape index (κ1) is 64.8. The van der Waals surface area contributed by atoms with Crippen molar-refractivity contribution in [3.05, 3.63) is 108 Å². The molecule has 0 aliphatic carbocycles. The molecule has 0 bridgehead atoms. The van der Waals surface area contributed by atoms with E-state index in [4.69, 9.17) is 21.1 Å². The minimum atomic E-state index is -2.00. The molecule has 8 atom stereocenters. The average Bonchev–Trinajstić information content (AvgIpc) is 1.40. The zero-order valence-electron chi connectivity index (χ0n) is 48.6. The molecule has 2 saturated heterocycles. The molecule has 31 heteroatoms. The molecular formula is C59H66N14O17. The van der Waals surface area contributed by atoms with E-state index in [0.29, 0.717) is 43.6 Å². The minimum absolute atomic E-state index is 0.0373. The standard InChI is InChI=1S/C59H66N14O17/c1-29(74)66-41(21-30-26-63-36-12-6-3-9-33(30)36)54(83)69-42(22-31-27-64-37-13-7-4-10-34(31)37)55(84)68-40(16-20-49(77)78)52(81)67-39(15-18-47(60)75)53(82)70-43-24-50(79)89-72(58(43)87)45(17-19-48(61)76)57(86)71-44-25-51(80)90-73(59(44)88)46(56(85)62-2)23-32-28-65-38-14-8-5-11-35(32)38/h3-14,26-28,39-46,63-65H,15-25H2,1-2H3,(H2,60,75)(H2,61,76)(H,62,85)(H,66,74)(H,67,81)(H,68,84)(H,69,83)(H,70,82)(H,71,86)(H,77,78). The first-order valence-electron chi connectivity index (χ1n) is 28.5. The third kappa shape index (κ3) is 16.1. The Kier molecular flexibility index (Phi) is 20.9. The van der Waals surface area contributed by atoms with Gasteiger partial charge in [-0.05, 0) is 54.2 Å². The summed E-state index contributed by atoms with van der Waals surface area (Å²) in [4.78, 5) is 209. The molecule has 2 fully saturated rings. The number of hydroxylamine groups is 4. The van der Waals surface area contributed by atoms with Crippen LogP contribution in [0.1, 0.15) is 75.0 Å². The Morgan fingerprint density at radius 2 is 0.900 bits per heavy atom. The molecule has 3 aromatic carbocycles. The smallest absolute Gasteiger partial charge is 0.335 e.